The fraction of sp³-hybridized carbons (Fsp3) is 0.471. The van der Waals surface area contributed by atoms with Crippen molar-refractivity contribution in [1.82, 2.24) is 15.5 Å². The number of fused-ring (bicyclic) bond motifs is 1. The van der Waals surface area contributed by atoms with Crippen molar-refractivity contribution >= 4 is 17.7 Å². The number of carbonyl (C=O) groups is 3. The number of aliphatic hydroxyl groups is 1. The Morgan fingerprint density at radius 1 is 1.33 bits per heavy atom. The van der Waals surface area contributed by atoms with Crippen LogP contribution in [0, 0.1) is 0 Å². The third kappa shape index (κ3) is 2.99. The molecule has 2 heterocycles. The van der Waals surface area contributed by atoms with E-state index in [4.69, 9.17) is 5.11 Å². The average molecular weight is 331 g/mol. The lowest BCUT2D eigenvalue weighted by molar-refractivity contribution is -0.148. The van der Waals surface area contributed by atoms with E-state index >= 15 is 0 Å². The maximum atomic E-state index is 12.3. The summed E-state index contributed by atoms with van der Waals surface area (Å²) in [5, 5.41) is 14.6. The third-order valence-electron chi connectivity index (χ3n) is 4.64. The van der Waals surface area contributed by atoms with Gasteiger partial charge in [0.05, 0.1) is 6.61 Å². The molecule has 3 amide bonds. The summed E-state index contributed by atoms with van der Waals surface area (Å²) in [4.78, 5) is 38.0. The molecule has 0 unspecified atom stereocenters. The highest BCUT2D eigenvalue weighted by Crippen LogP contribution is 2.23. The topological polar surface area (TPSA) is 98.7 Å². The Kier molecular flexibility index (Phi) is 4.53. The molecule has 0 bridgehead atoms. The Hall–Kier alpha value is -2.41. The van der Waals surface area contributed by atoms with Gasteiger partial charge in [0.25, 0.3) is 5.91 Å². The Morgan fingerprint density at radius 3 is 2.67 bits per heavy atom. The SMILES string of the molecule is CCc1ccc(C(=O)N[C@H]2C[C@H]3C(=O)N[C@@H](CO)C(=O)N3C2)cc1. The molecular formula is C17H21N3O4. The quantitative estimate of drug-likeness (QED) is 0.689. The molecule has 0 radical (unpaired) electrons. The summed E-state index contributed by atoms with van der Waals surface area (Å²) in [6, 6.07) is 5.63. The molecule has 1 aromatic rings. The monoisotopic (exact) mass is 331 g/mol. The molecule has 0 spiro atoms. The number of hydrogen-bond donors (Lipinski definition) is 3. The highest BCUT2D eigenvalue weighted by molar-refractivity contribution is 5.98. The Morgan fingerprint density at radius 2 is 2.04 bits per heavy atom. The van der Waals surface area contributed by atoms with Crippen LogP contribution in [-0.2, 0) is 16.0 Å². The van der Waals surface area contributed by atoms with E-state index in [1.165, 1.54) is 4.90 Å². The number of amides is 3. The second-order valence-corrected chi connectivity index (χ2v) is 6.21. The third-order valence-corrected chi connectivity index (χ3v) is 4.64. The number of benzene rings is 1. The zero-order valence-corrected chi connectivity index (χ0v) is 13.5. The fourth-order valence-electron chi connectivity index (χ4n) is 3.25. The fourth-order valence-corrected chi connectivity index (χ4v) is 3.25. The van der Waals surface area contributed by atoms with Crippen molar-refractivity contribution in [2.24, 2.45) is 0 Å². The van der Waals surface area contributed by atoms with Crippen molar-refractivity contribution in [3.05, 3.63) is 35.4 Å². The van der Waals surface area contributed by atoms with Crippen LogP contribution in [-0.4, -0.2) is 59.0 Å². The molecule has 7 heteroatoms. The number of nitrogens with one attached hydrogen (secondary N) is 2. The predicted octanol–water partition coefficient (Wildman–Crippen LogP) is -0.561. The second kappa shape index (κ2) is 6.60. The summed E-state index contributed by atoms with van der Waals surface area (Å²) in [5.41, 5.74) is 1.71. The molecule has 1 aromatic carbocycles. The molecule has 2 aliphatic rings. The van der Waals surface area contributed by atoms with E-state index in [9.17, 15) is 14.4 Å². The van der Waals surface area contributed by atoms with Gasteiger partial charge in [-0.15, -0.1) is 0 Å². The number of piperazine rings is 1. The van der Waals surface area contributed by atoms with E-state index < -0.39 is 18.7 Å². The van der Waals surface area contributed by atoms with Crippen LogP contribution in [0.1, 0.15) is 29.3 Å². The van der Waals surface area contributed by atoms with E-state index in [0.29, 0.717) is 12.0 Å². The molecule has 7 nitrogen and oxygen atoms in total. The van der Waals surface area contributed by atoms with Crippen LogP contribution in [0.4, 0.5) is 0 Å². The number of nitrogens with zero attached hydrogens (tertiary/aromatic N) is 1. The molecule has 0 aliphatic carbocycles. The Balaban J connectivity index is 1.66. The van der Waals surface area contributed by atoms with Crippen molar-refractivity contribution < 1.29 is 19.5 Å². The van der Waals surface area contributed by atoms with E-state index in [2.05, 4.69) is 10.6 Å². The van der Waals surface area contributed by atoms with Crippen LogP contribution < -0.4 is 10.6 Å². The second-order valence-electron chi connectivity index (χ2n) is 6.21. The van der Waals surface area contributed by atoms with Gasteiger partial charge in [-0.2, -0.15) is 0 Å². The van der Waals surface area contributed by atoms with E-state index in [1.807, 2.05) is 19.1 Å². The van der Waals surface area contributed by atoms with Gasteiger partial charge in [-0.3, -0.25) is 14.4 Å². The van der Waals surface area contributed by atoms with Gasteiger partial charge in [-0.25, -0.2) is 0 Å². The largest absolute Gasteiger partial charge is 0.394 e. The first-order valence-corrected chi connectivity index (χ1v) is 8.15. The zero-order chi connectivity index (χ0) is 17.3. The van der Waals surface area contributed by atoms with Crippen LogP contribution in [0.15, 0.2) is 24.3 Å². The summed E-state index contributed by atoms with van der Waals surface area (Å²) in [5.74, 6) is -0.794. The summed E-state index contributed by atoms with van der Waals surface area (Å²) < 4.78 is 0. The van der Waals surface area contributed by atoms with E-state index in [1.54, 1.807) is 12.1 Å². The van der Waals surface area contributed by atoms with Gasteiger partial charge in [-0.1, -0.05) is 19.1 Å². The number of rotatable bonds is 4. The van der Waals surface area contributed by atoms with Gasteiger partial charge in [-0.05, 0) is 30.5 Å². The number of carbonyl (C=O) groups excluding carboxylic acids is 3. The molecule has 2 saturated heterocycles. The molecule has 0 aromatic heterocycles. The van der Waals surface area contributed by atoms with Crippen LogP contribution in [0.25, 0.3) is 0 Å². The molecular weight excluding hydrogens is 310 g/mol. The molecule has 3 N–H and O–H groups in total. The van der Waals surface area contributed by atoms with Gasteiger partial charge in [0.2, 0.25) is 11.8 Å². The predicted molar refractivity (Wildman–Crippen MR) is 86.2 cm³/mol. The van der Waals surface area contributed by atoms with Gasteiger partial charge in [0.15, 0.2) is 0 Å². The van der Waals surface area contributed by atoms with Crippen molar-refractivity contribution in [3.63, 3.8) is 0 Å². The van der Waals surface area contributed by atoms with Crippen molar-refractivity contribution in [2.45, 2.75) is 37.9 Å². The Bertz CT molecular complexity index is 658. The van der Waals surface area contributed by atoms with Gasteiger partial charge in [0, 0.05) is 18.2 Å². The molecule has 2 aliphatic heterocycles. The molecule has 0 saturated carbocycles. The summed E-state index contributed by atoms with van der Waals surface area (Å²) in [6.07, 6.45) is 1.29. The number of aliphatic hydroxyl groups excluding tert-OH is 1. The van der Waals surface area contributed by atoms with Crippen LogP contribution in [0.2, 0.25) is 0 Å². The normalized spacial score (nSPS) is 26.1. The minimum absolute atomic E-state index is 0.214. The van der Waals surface area contributed by atoms with E-state index in [-0.39, 0.29) is 30.3 Å². The van der Waals surface area contributed by atoms with Crippen LogP contribution >= 0.6 is 0 Å². The highest BCUT2D eigenvalue weighted by atomic mass is 16.3. The summed E-state index contributed by atoms with van der Waals surface area (Å²) in [6.45, 7) is 1.91. The molecule has 3 atom stereocenters. The molecule has 3 rings (SSSR count). The maximum absolute atomic E-state index is 12.3. The van der Waals surface area contributed by atoms with Crippen molar-refractivity contribution in [1.29, 1.82) is 0 Å². The lowest BCUT2D eigenvalue weighted by Crippen LogP contribution is -2.62. The molecule has 128 valence electrons. The van der Waals surface area contributed by atoms with Gasteiger partial charge < -0.3 is 20.6 Å². The van der Waals surface area contributed by atoms with Gasteiger partial charge in [0.1, 0.15) is 12.1 Å². The molecule has 2 fully saturated rings. The first kappa shape index (κ1) is 16.4. The lowest BCUT2D eigenvalue weighted by Gasteiger charge is -2.33. The van der Waals surface area contributed by atoms with Gasteiger partial charge >= 0.3 is 0 Å². The minimum atomic E-state index is -0.884. The molecule has 24 heavy (non-hydrogen) atoms. The summed E-state index contributed by atoms with van der Waals surface area (Å²) in [7, 11) is 0. The van der Waals surface area contributed by atoms with Crippen molar-refractivity contribution in [2.75, 3.05) is 13.2 Å². The maximum Gasteiger partial charge on any atom is 0.251 e. The Labute approximate surface area is 140 Å². The first-order valence-electron chi connectivity index (χ1n) is 8.15. The number of hydrogen-bond acceptors (Lipinski definition) is 4. The number of aryl methyl sites for hydroxylation is 1. The van der Waals surface area contributed by atoms with Crippen LogP contribution in [0.5, 0.6) is 0 Å². The average Bonchev–Trinajstić information content (AvgIpc) is 3.02. The van der Waals surface area contributed by atoms with Crippen LogP contribution in [0.3, 0.4) is 0 Å². The summed E-state index contributed by atoms with van der Waals surface area (Å²) >= 11 is 0. The smallest absolute Gasteiger partial charge is 0.251 e. The lowest BCUT2D eigenvalue weighted by atomic mass is 10.1. The van der Waals surface area contributed by atoms with Crippen molar-refractivity contribution in [3.8, 4) is 0 Å². The van der Waals surface area contributed by atoms with E-state index in [0.717, 1.165) is 12.0 Å². The zero-order valence-electron chi connectivity index (χ0n) is 13.5. The minimum Gasteiger partial charge on any atom is -0.394 e. The first-order chi connectivity index (χ1) is 11.5. The standard InChI is InChI=1S/C17H21N3O4/c1-2-10-3-5-11(6-4-10)15(22)18-12-7-14-16(23)19-13(9-21)17(24)20(14)8-12/h3-6,12-14,21H,2,7-9H2,1H3,(H,18,22)(H,19,23)/t12-,13-,14-/m0/s1. The highest BCUT2D eigenvalue weighted by Gasteiger charge is 2.46.